The van der Waals surface area contributed by atoms with E-state index in [9.17, 15) is 4.79 Å². The van der Waals surface area contributed by atoms with E-state index in [2.05, 4.69) is 23.9 Å². The van der Waals surface area contributed by atoms with Gasteiger partial charge in [0.2, 0.25) is 0 Å². The number of carbonyl (C=O) groups is 1. The largest absolute Gasteiger partial charge is 0.428 e. The van der Waals surface area contributed by atoms with E-state index in [4.69, 9.17) is 10.00 Å². The van der Waals surface area contributed by atoms with Gasteiger partial charge in [-0.3, -0.25) is 0 Å². The van der Waals surface area contributed by atoms with Gasteiger partial charge in [0.15, 0.2) is 0 Å². The van der Waals surface area contributed by atoms with Gasteiger partial charge >= 0.3 is 6.03 Å². The van der Waals surface area contributed by atoms with Gasteiger partial charge in [-0.15, -0.1) is 0 Å². The predicted molar refractivity (Wildman–Crippen MR) is 95.6 cm³/mol. The number of amides is 2. The van der Waals surface area contributed by atoms with Crippen LogP contribution in [0.5, 0.6) is 0 Å². The number of urea groups is 1. The molecule has 24 heavy (non-hydrogen) atoms. The highest BCUT2D eigenvalue weighted by atomic mass is 16.5. The van der Waals surface area contributed by atoms with Crippen LogP contribution < -0.4 is 5.32 Å². The van der Waals surface area contributed by atoms with Crippen LogP contribution >= 0.6 is 0 Å². The molecule has 6 nitrogen and oxygen atoms in total. The van der Waals surface area contributed by atoms with Gasteiger partial charge < -0.3 is 19.7 Å². The fourth-order valence-electron chi connectivity index (χ4n) is 2.52. The van der Waals surface area contributed by atoms with Crippen LogP contribution in [0.3, 0.4) is 0 Å². The van der Waals surface area contributed by atoms with Gasteiger partial charge in [-0.25, -0.2) is 4.79 Å². The molecule has 0 fully saturated rings. The highest BCUT2D eigenvalue weighted by Gasteiger charge is 2.29. The van der Waals surface area contributed by atoms with E-state index in [1.165, 1.54) is 0 Å². The van der Waals surface area contributed by atoms with Gasteiger partial charge in [-0.2, -0.15) is 5.26 Å². The van der Waals surface area contributed by atoms with Crippen molar-refractivity contribution >= 4 is 6.03 Å². The number of nitrogens with zero attached hydrogens (tertiary/aromatic N) is 2. The topological polar surface area (TPSA) is 74.6 Å². The van der Waals surface area contributed by atoms with Crippen LogP contribution in [0, 0.1) is 11.5 Å². The summed E-state index contributed by atoms with van der Waals surface area (Å²) in [5, 5.41) is 11.3. The molecule has 0 aromatic carbocycles. The number of carbonyl (C=O) groups excluding carboxylic acids is 1. The number of nitriles is 1. The van der Waals surface area contributed by atoms with Crippen LogP contribution in [-0.4, -0.2) is 48.9 Å². The Bertz CT molecular complexity index is 378. The molecular formula is C18H35N3O3. The summed E-state index contributed by atoms with van der Waals surface area (Å²) in [5.74, 6) is 0. The summed E-state index contributed by atoms with van der Waals surface area (Å²) in [6, 6.07) is -0.0140. The Morgan fingerprint density at radius 1 is 1.21 bits per heavy atom. The third kappa shape index (κ3) is 10.3. The van der Waals surface area contributed by atoms with Gasteiger partial charge in [-0.05, 0) is 60.3 Å². The molecule has 0 atom stereocenters. The normalized spacial score (nSPS) is 11.2. The molecule has 0 heterocycles. The summed E-state index contributed by atoms with van der Waals surface area (Å²) in [5.41, 5.74) is -0.234. The highest BCUT2D eigenvalue weighted by Crippen LogP contribution is 2.19. The van der Waals surface area contributed by atoms with Crippen molar-refractivity contribution in [2.24, 2.45) is 0 Å². The van der Waals surface area contributed by atoms with Crippen LogP contribution in [-0.2, 0) is 9.47 Å². The standard InChI is InChI=1S/C18H35N3O3/c1-6-21(18(4,5)11-14-24-16(2)3)17(22)20-12-9-7-8-10-13-23-15-19/h16H,6-14H2,1-5H3,(H,20,22). The number of hydrogen-bond donors (Lipinski definition) is 1. The summed E-state index contributed by atoms with van der Waals surface area (Å²) in [4.78, 5) is 14.3. The van der Waals surface area contributed by atoms with Gasteiger partial charge in [0, 0.05) is 25.2 Å². The number of rotatable bonds is 13. The summed E-state index contributed by atoms with van der Waals surface area (Å²) >= 11 is 0. The summed E-state index contributed by atoms with van der Waals surface area (Å²) in [6.07, 6.45) is 6.53. The molecule has 0 aliphatic carbocycles. The lowest BCUT2D eigenvalue weighted by molar-refractivity contribution is 0.0443. The second kappa shape index (κ2) is 12.9. The first-order valence-corrected chi connectivity index (χ1v) is 9.03. The van der Waals surface area contributed by atoms with Crippen molar-refractivity contribution in [2.45, 2.75) is 78.4 Å². The molecular weight excluding hydrogens is 306 g/mol. The second-order valence-electron chi connectivity index (χ2n) is 6.81. The summed E-state index contributed by atoms with van der Waals surface area (Å²) in [7, 11) is 0. The first kappa shape index (κ1) is 22.5. The SMILES string of the molecule is CCN(C(=O)NCCCCCCOC#N)C(C)(C)CCOC(C)C. The van der Waals surface area contributed by atoms with Crippen molar-refractivity contribution in [3.05, 3.63) is 0 Å². The zero-order chi connectivity index (χ0) is 18.4. The fourth-order valence-corrected chi connectivity index (χ4v) is 2.52. The lowest BCUT2D eigenvalue weighted by Gasteiger charge is -2.38. The zero-order valence-electron chi connectivity index (χ0n) is 16.1. The molecule has 2 amide bonds. The molecule has 0 unspecified atom stereocenters. The van der Waals surface area contributed by atoms with E-state index in [-0.39, 0.29) is 17.7 Å². The molecule has 0 bridgehead atoms. The number of unbranched alkanes of at least 4 members (excludes halogenated alkanes) is 3. The van der Waals surface area contributed by atoms with Gasteiger partial charge in [-0.1, -0.05) is 6.42 Å². The molecule has 0 aliphatic rings. The van der Waals surface area contributed by atoms with Gasteiger partial charge in [0.25, 0.3) is 6.26 Å². The summed E-state index contributed by atoms with van der Waals surface area (Å²) < 4.78 is 10.2. The Morgan fingerprint density at radius 2 is 1.88 bits per heavy atom. The Balaban J connectivity index is 4.04. The molecule has 0 aromatic rings. The van der Waals surface area contributed by atoms with Crippen molar-refractivity contribution in [3.63, 3.8) is 0 Å². The molecule has 0 radical (unpaired) electrons. The maximum atomic E-state index is 12.4. The van der Waals surface area contributed by atoms with E-state index in [1.54, 1.807) is 6.26 Å². The van der Waals surface area contributed by atoms with Crippen molar-refractivity contribution < 1.29 is 14.3 Å². The van der Waals surface area contributed by atoms with E-state index < -0.39 is 0 Å². The van der Waals surface area contributed by atoms with Crippen LogP contribution in [0.1, 0.15) is 66.7 Å². The number of nitrogens with one attached hydrogen (secondary N) is 1. The minimum absolute atomic E-state index is 0.0140. The first-order chi connectivity index (χ1) is 11.3. The maximum Gasteiger partial charge on any atom is 0.317 e. The highest BCUT2D eigenvalue weighted by molar-refractivity contribution is 5.74. The Labute approximate surface area is 147 Å². The van der Waals surface area contributed by atoms with Crippen molar-refractivity contribution in [1.82, 2.24) is 10.2 Å². The smallest absolute Gasteiger partial charge is 0.317 e. The predicted octanol–water partition coefficient (Wildman–Crippen LogP) is 3.67. The Kier molecular flexibility index (Phi) is 12.1. The Hall–Kier alpha value is -1.48. The maximum absolute atomic E-state index is 12.4. The molecule has 6 heteroatoms. The number of hydrogen-bond acceptors (Lipinski definition) is 4. The quantitative estimate of drug-likeness (QED) is 0.410. The molecule has 1 N–H and O–H groups in total. The molecule has 0 aliphatic heterocycles. The molecule has 0 rings (SSSR count). The zero-order valence-corrected chi connectivity index (χ0v) is 16.1. The minimum Gasteiger partial charge on any atom is -0.428 e. The van der Waals surface area contributed by atoms with E-state index >= 15 is 0 Å². The molecule has 0 saturated heterocycles. The summed E-state index contributed by atoms with van der Waals surface area (Å²) in [6.45, 7) is 12.7. The molecule has 0 saturated carbocycles. The van der Waals surface area contributed by atoms with Crippen molar-refractivity contribution in [1.29, 1.82) is 5.26 Å². The van der Waals surface area contributed by atoms with Crippen molar-refractivity contribution in [3.8, 4) is 6.26 Å². The van der Waals surface area contributed by atoms with Gasteiger partial charge in [0.1, 0.15) is 6.61 Å². The number of ether oxygens (including phenoxy) is 2. The van der Waals surface area contributed by atoms with Crippen LogP contribution in [0.2, 0.25) is 0 Å². The molecule has 0 aromatic heterocycles. The monoisotopic (exact) mass is 341 g/mol. The van der Waals surface area contributed by atoms with Crippen LogP contribution in [0.25, 0.3) is 0 Å². The lowest BCUT2D eigenvalue weighted by atomic mass is 9.99. The molecule has 0 spiro atoms. The van der Waals surface area contributed by atoms with E-state index in [1.807, 2.05) is 25.7 Å². The second-order valence-corrected chi connectivity index (χ2v) is 6.81. The first-order valence-electron chi connectivity index (χ1n) is 9.03. The lowest BCUT2D eigenvalue weighted by Crippen LogP contribution is -2.52. The van der Waals surface area contributed by atoms with Crippen LogP contribution in [0.15, 0.2) is 0 Å². The van der Waals surface area contributed by atoms with E-state index in [0.29, 0.717) is 26.3 Å². The van der Waals surface area contributed by atoms with Crippen LogP contribution in [0.4, 0.5) is 4.79 Å². The third-order valence-electron chi connectivity index (χ3n) is 3.97. The Morgan fingerprint density at radius 3 is 2.46 bits per heavy atom. The molecule has 140 valence electrons. The van der Waals surface area contributed by atoms with Crippen molar-refractivity contribution in [2.75, 3.05) is 26.3 Å². The third-order valence-corrected chi connectivity index (χ3v) is 3.97. The van der Waals surface area contributed by atoms with E-state index in [0.717, 1.165) is 32.1 Å². The van der Waals surface area contributed by atoms with Gasteiger partial charge in [0.05, 0.1) is 6.10 Å². The minimum atomic E-state index is -0.234. The average molecular weight is 341 g/mol. The fraction of sp³-hybridized carbons (Fsp3) is 0.889. The average Bonchev–Trinajstić information content (AvgIpc) is 2.49.